The minimum absolute atomic E-state index is 0.143. The molecule has 1 aromatic rings. The minimum atomic E-state index is -0.542. The molecule has 1 aromatic carbocycles. The summed E-state index contributed by atoms with van der Waals surface area (Å²) in [5, 5.41) is 10.8. The highest BCUT2D eigenvalue weighted by atomic mass is 16.6. The number of benzene rings is 1. The Morgan fingerprint density at radius 3 is 2.80 bits per heavy atom. The van der Waals surface area contributed by atoms with Gasteiger partial charge in [-0.3, -0.25) is 14.9 Å². The van der Waals surface area contributed by atoms with Crippen molar-refractivity contribution in [3.63, 3.8) is 0 Å². The van der Waals surface area contributed by atoms with E-state index in [4.69, 9.17) is 10.5 Å². The molecule has 7 nitrogen and oxygen atoms in total. The summed E-state index contributed by atoms with van der Waals surface area (Å²) >= 11 is 0. The van der Waals surface area contributed by atoms with E-state index in [1.54, 1.807) is 4.90 Å². The van der Waals surface area contributed by atoms with Crippen LogP contribution in [0, 0.1) is 10.1 Å². The zero-order valence-corrected chi connectivity index (χ0v) is 11.5. The second kappa shape index (κ2) is 5.09. The molecule has 0 radical (unpaired) electrons. The quantitative estimate of drug-likeness (QED) is 0.501. The van der Waals surface area contributed by atoms with Gasteiger partial charge in [0.2, 0.25) is 0 Å². The van der Waals surface area contributed by atoms with Gasteiger partial charge in [0.15, 0.2) is 0 Å². The number of amides is 1. The molecule has 1 aliphatic heterocycles. The second-order valence-electron chi connectivity index (χ2n) is 5.36. The van der Waals surface area contributed by atoms with E-state index < -0.39 is 10.5 Å². The topological polar surface area (TPSA) is 98.7 Å². The Kier molecular flexibility index (Phi) is 3.63. The molecule has 0 atom stereocenters. The smallest absolute Gasteiger partial charge is 0.270 e. The zero-order chi connectivity index (χ0) is 14.9. The van der Waals surface area contributed by atoms with Crippen LogP contribution < -0.4 is 5.73 Å². The normalized spacial score (nSPS) is 17.8. The summed E-state index contributed by atoms with van der Waals surface area (Å²) in [5.41, 5.74) is 5.60. The summed E-state index contributed by atoms with van der Waals surface area (Å²) in [4.78, 5) is 24.3. The van der Waals surface area contributed by atoms with E-state index in [1.165, 1.54) is 18.2 Å². The van der Waals surface area contributed by atoms with E-state index in [-0.39, 0.29) is 22.8 Å². The zero-order valence-electron chi connectivity index (χ0n) is 11.5. The Morgan fingerprint density at radius 2 is 2.20 bits per heavy atom. The fourth-order valence-corrected chi connectivity index (χ4v) is 2.20. The van der Waals surface area contributed by atoms with Crippen LogP contribution in [0.25, 0.3) is 0 Å². The highest BCUT2D eigenvalue weighted by molar-refractivity contribution is 5.99. The van der Waals surface area contributed by atoms with Crippen molar-refractivity contribution in [3.05, 3.63) is 33.9 Å². The van der Waals surface area contributed by atoms with Gasteiger partial charge in [-0.2, -0.15) is 0 Å². The molecule has 1 heterocycles. The van der Waals surface area contributed by atoms with Crippen LogP contribution in [0.3, 0.4) is 0 Å². The minimum Gasteiger partial charge on any atom is -0.398 e. The first-order chi connectivity index (χ1) is 9.30. The van der Waals surface area contributed by atoms with Crippen molar-refractivity contribution in [1.29, 1.82) is 0 Å². The molecule has 2 rings (SSSR count). The van der Waals surface area contributed by atoms with Gasteiger partial charge in [0, 0.05) is 30.9 Å². The first kappa shape index (κ1) is 14.3. The Hall–Kier alpha value is -2.15. The summed E-state index contributed by atoms with van der Waals surface area (Å²) in [5.74, 6) is -0.303. The lowest BCUT2D eigenvalue weighted by molar-refractivity contribution is -0.384. The standard InChI is InChI=1S/C13H17N3O4/c1-13(2)8-15(5-6-20-13)12(17)10-7-9(16(18)19)3-4-11(10)14/h3-4,7H,5-6,8,14H2,1-2H3. The van der Waals surface area contributed by atoms with Gasteiger partial charge in [-0.25, -0.2) is 0 Å². The molecule has 0 unspecified atom stereocenters. The summed E-state index contributed by atoms with van der Waals surface area (Å²) in [6.07, 6.45) is 0. The first-order valence-electron chi connectivity index (χ1n) is 6.27. The van der Waals surface area contributed by atoms with Crippen LogP contribution in [0.15, 0.2) is 18.2 Å². The predicted molar refractivity (Wildman–Crippen MR) is 73.4 cm³/mol. The van der Waals surface area contributed by atoms with Crippen LogP contribution >= 0.6 is 0 Å². The van der Waals surface area contributed by atoms with Crippen LogP contribution in [0.1, 0.15) is 24.2 Å². The van der Waals surface area contributed by atoms with Crippen LogP contribution in [0.2, 0.25) is 0 Å². The van der Waals surface area contributed by atoms with Crippen molar-refractivity contribution in [2.24, 2.45) is 0 Å². The Bertz CT molecular complexity index is 557. The average molecular weight is 279 g/mol. The van der Waals surface area contributed by atoms with E-state index in [2.05, 4.69) is 0 Å². The second-order valence-corrected chi connectivity index (χ2v) is 5.36. The Morgan fingerprint density at radius 1 is 1.50 bits per heavy atom. The monoisotopic (exact) mass is 279 g/mol. The van der Waals surface area contributed by atoms with Gasteiger partial charge in [-0.15, -0.1) is 0 Å². The molecule has 1 aliphatic rings. The lowest BCUT2D eigenvalue weighted by Gasteiger charge is -2.38. The fraction of sp³-hybridized carbons (Fsp3) is 0.462. The Labute approximate surface area is 116 Å². The first-order valence-corrected chi connectivity index (χ1v) is 6.27. The molecule has 1 fully saturated rings. The van der Waals surface area contributed by atoms with Gasteiger partial charge in [0.25, 0.3) is 11.6 Å². The number of ether oxygens (including phenoxy) is 1. The van der Waals surface area contributed by atoms with Crippen molar-refractivity contribution in [2.75, 3.05) is 25.4 Å². The van der Waals surface area contributed by atoms with Gasteiger partial charge in [-0.1, -0.05) is 0 Å². The van der Waals surface area contributed by atoms with Crippen LogP contribution in [0.4, 0.5) is 11.4 Å². The van der Waals surface area contributed by atoms with E-state index in [0.29, 0.717) is 19.7 Å². The highest BCUT2D eigenvalue weighted by Gasteiger charge is 2.31. The van der Waals surface area contributed by atoms with Gasteiger partial charge in [0.1, 0.15) is 0 Å². The van der Waals surface area contributed by atoms with Gasteiger partial charge < -0.3 is 15.4 Å². The largest absolute Gasteiger partial charge is 0.398 e. The number of carbonyl (C=O) groups excluding carboxylic acids is 1. The summed E-state index contributed by atoms with van der Waals surface area (Å²) in [6.45, 7) is 5.10. The number of anilines is 1. The number of hydrogen-bond donors (Lipinski definition) is 1. The number of nitrogens with zero attached hydrogens (tertiary/aromatic N) is 2. The molecule has 108 valence electrons. The third-order valence-electron chi connectivity index (χ3n) is 3.19. The predicted octanol–water partition coefficient (Wildman–Crippen LogP) is 1.43. The molecule has 1 saturated heterocycles. The van der Waals surface area contributed by atoms with Crippen molar-refractivity contribution < 1.29 is 14.5 Å². The molecule has 7 heteroatoms. The van der Waals surface area contributed by atoms with Gasteiger partial charge in [-0.05, 0) is 19.9 Å². The number of rotatable bonds is 2. The third kappa shape index (κ3) is 2.88. The van der Waals surface area contributed by atoms with E-state index in [0.717, 1.165) is 0 Å². The number of hydrogen-bond acceptors (Lipinski definition) is 5. The van der Waals surface area contributed by atoms with Crippen LogP contribution in [-0.2, 0) is 4.74 Å². The third-order valence-corrected chi connectivity index (χ3v) is 3.19. The molecule has 0 spiro atoms. The molecule has 0 aromatic heterocycles. The molecule has 2 N–H and O–H groups in total. The van der Waals surface area contributed by atoms with E-state index in [9.17, 15) is 14.9 Å². The van der Waals surface area contributed by atoms with Crippen molar-refractivity contribution in [2.45, 2.75) is 19.4 Å². The average Bonchev–Trinajstić information content (AvgIpc) is 2.37. The maximum absolute atomic E-state index is 12.5. The summed E-state index contributed by atoms with van der Waals surface area (Å²) in [6, 6.07) is 3.90. The molecule has 0 saturated carbocycles. The number of carbonyl (C=O) groups is 1. The fourth-order valence-electron chi connectivity index (χ4n) is 2.20. The number of nitrogen functional groups attached to an aromatic ring is 1. The maximum Gasteiger partial charge on any atom is 0.270 e. The summed E-state index contributed by atoms with van der Waals surface area (Å²) < 4.78 is 5.54. The number of nitro groups is 1. The van der Waals surface area contributed by atoms with Gasteiger partial charge >= 0.3 is 0 Å². The maximum atomic E-state index is 12.5. The van der Waals surface area contributed by atoms with Crippen LogP contribution in [-0.4, -0.2) is 41.0 Å². The van der Waals surface area contributed by atoms with Gasteiger partial charge in [0.05, 0.1) is 22.7 Å². The number of morpholine rings is 1. The van der Waals surface area contributed by atoms with Crippen molar-refractivity contribution in [3.8, 4) is 0 Å². The molecule has 20 heavy (non-hydrogen) atoms. The summed E-state index contributed by atoms with van der Waals surface area (Å²) in [7, 11) is 0. The van der Waals surface area contributed by atoms with Crippen molar-refractivity contribution in [1.82, 2.24) is 4.90 Å². The van der Waals surface area contributed by atoms with Crippen molar-refractivity contribution >= 4 is 17.3 Å². The molecular weight excluding hydrogens is 262 g/mol. The molecule has 0 bridgehead atoms. The lowest BCUT2D eigenvalue weighted by Crippen LogP contribution is -2.50. The van der Waals surface area contributed by atoms with E-state index >= 15 is 0 Å². The lowest BCUT2D eigenvalue weighted by atomic mass is 10.1. The molecular formula is C13H17N3O4. The number of nitrogens with two attached hydrogens (primary N) is 1. The molecule has 1 amide bonds. The van der Waals surface area contributed by atoms with Crippen LogP contribution in [0.5, 0.6) is 0 Å². The number of nitro benzene ring substituents is 1. The molecule has 0 aliphatic carbocycles. The SMILES string of the molecule is CC1(C)CN(C(=O)c2cc([N+](=O)[O-])ccc2N)CCO1. The van der Waals surface area contributed by atoms with E-state index in [1.807, 2.05) is 13.8 Å². The highest BCUT2D eigenvalue weighted by Crippen LogP contribution is 2.24. The Balaban J connectivity index is 2.29. The number of non-ortho nitro benzene ring substituents is 1.